The number of pyridine rings is 1. The number of benzene rings is 1. The number of nitrogens with zero attached hydrogens (tertiary/aromatic N) is 1. The molecule has 0 spiro atoms. The van der Waals surface area contributed by atoms with Crippen LogP contribution in [0.15, 0.2) is 24.4 Å². The molecule has 0 bridgehead atoms. The van der Waals surface area contributed by atoms with Gasteiger partial charge >= 0.3 is 0 Å². The van der Waals surface area contributed by atoms with Crippen LogP contribution < -0.4 is 0 Å². The highest BCUT2D eigenvalue weighted by molar-refractivity contribution is 5.83. The summed E-state index contributed by atoms with van der Waals surface area (Å²) in [5.74, 6) is -1.60. The molecule has 1 N–H and O–H groups in total. The number of rotatable bonds is 0. The third-order valence-electron chi connectivity index (χ3n) is 1.74. The summed E-state index contributed by atoms with van der Waals surface area (Å²) in [7, 11) is 0. The second-order valence-corrected chi connectivity index (χ2v) is 2.65. The monoisotopic (exact) mass is 181 g/mol. The van der Waals surface area contributed by atoms with Gasteiger partial charge in [0.25, 0.3) is 0 Å². The third-order valence-corrected chi connectivity index (χ3v) is 1.74. The molecular weight excluding hydrogens is 176 g/mol. The molecule has 1 aromatic carbocycles. The molecular formula is C9H5F2NO. The van der Waals surface area contributed by atoms with E-state index in [4.69, 9.17) is 5.11 Å². The third kappa shape index (κ3) is 1.30. The van der Waals surface area contributed by atoms with Crippen LogP contribution >= 0.6 is 0 Å². The van der Waals surface area contributed by atoms with Crippen molar-refractivity contribution in [3.63, 3.8) is 0 Å². The lowest BCUT2D eigenvalue weighted by atomic mass is 10.1. The summed E-state index contributed by atoms with van der Waals surface area (Å²) in [6.07, 6.45) is 1.17. The normalized spacial score (nSPS) is 10.6. The van der Waals surface area contributed by atoms with Crippen LogP contribution in [0.4, 0.5) is 8.78 Å². The van der Waals surface area contributed by atoms with E-state index in [2.05, 4.69) is 4.98 Å². The van der Waals surface area contributed by atoms with E-state index in [-0.39, 0.29) is 11.3 Å². The Morgan fingerprint density at radius 1 is 1.15 bits per heavy atom. The largest absolute Gasteiger partial charge is 0.493 e. The van der Waals surface area contributed by atoms with Crippen LogP contribution in [0.2, 0.25) is 0 Å². The van der Waals surface area contributed by atoms with E-state index in [1.54, 1.807) is 0 Å². The highest BCUT2D eigenvalue weighted by Crippen LogP contribution is 2.21. The zero-order valence-corrected chi connectivity index (χ0v) is 6.46. The van der Waals surface area contributed by atoms with Crippen LogP contribution in [-0.2, 0) is 0 Å². The van der Waals surface area contributed by atoms with Gasteiger partial charge in [-0.3, -0.25) is 0 Å². The van der Waals surface area contributed by atoms with E-state index in [0.717, 1.165) is 12.1 Å². The fourth-order valence-electron chi connectivity index (χ4n) is 1.17. The smallest absolute Gasteiger partial charge is 0.211 e. The zero-order chi connectivity index (χ0) is 9.42. The maximum Gasteiger partial charge on any atom is 0.211 e. The molecule has 0 fully saturated rings. The fourth-order valence-corrected chi connectivity index (χ4v) is 1.17. The minimum atomic E-state index is -0.678. The first kappa shape index (κ1) is 7.91. The van der Waals surface area contributed by atoms with Crippen LogP contribution in [-0.4, -0.2) is 10.1 Å². The lowest BCUT2D eigenvalue weighted by molar-refractivity contribution is 0.454. The van der Waals surface area contributed by atoms with Crippen LogP contribution in [0.5, 0.6) is 5.88 Å². The summed E-state index contributed by atoms with van der Waals surface area (Å²) in [6, 6.07) is 3.13. The quantitative estimate of drug-likeness (QED) is 0.675. The summed E-state index contributed by atoms with van der Waals surface area (Å²) in [5, 5.41) is 9.45. The van der Waals surface area contributed by atoms with Crippen molar-refractivity contribution in [2.45, 2.75) is 0 Å². The minimum Gasteiger partial charge on any atom is -0.493 e. The highest BCUT2D eigenvalue weighted by Gasteiger charge is 2.04. The Hall–Kier alpha value is -1.71. The zero-order valence-electron chi connectivity index (χ0n) is 6.46. The van der Waals surface area contributed by atoms with Gasteiger partial charge in [-0.05, 0) is 11.5 Å². The van der Waals surface area contributed by atoms with Gasteiger partial charge in [-0.2, -0.15) is 0 Å². The Morgan fingerprint density at radius 2 is 1.92 bits per heavy atom. The average Bonchev–Trinajstić information content (AvgIpc) is 2.02. The van der Waals surface area contributed by atoms with Crippen LogP contribution in [0.25, 0.3) is 10.8 Å². The predicted molar refractivity (Wildman–Crippen MR) is 43.3 cm³/mol. The average molecular weight is 181 g/mol. The van der Waals surface area contributed by atoms with Gasteiger partial charge < -0.3 is 5.11 Å². The first-order chi connectivity index (χ1) is 6.16. The lowest BCUT2D eigenvalue weighted by Gasteiger charge is -1.99. The van der Waals surface area contributed by atoms with Crippen molar-refractivity contribution in [3.8, 4) is 5.88 Å². The number of fused-ring (bicyclic) bond motifs is 1. The van der Waals surface area contributed by atoms with Gasteiger partial charge in [-0.25, -0.2) is 13.8 Å². The molecule has 0 unspecified atom stereocenters. The molecule has 0 saturated carbocycles. The van der Waals surface area contributed by atoms with Gasteiger partial charge in [-0.15, -0.1) is 0 Å². The standard InChI is InChI=1S/C9H5F2NO/c10-6-1-5-2-9(13)12-4-7(5)8(11)3-6/h1-4H,(H,12,13). The highest BCUT2D eigenvalue weighted by atomic mass is 19.1. The van der Waals surface area contributed by atoms with Crippen LogP contribution in [0.3, 0.4) is 0 Å². The topological polar surface area (TPSA) is 33.1 Å². The Bertz CT molecular complexity index is 465. The van der Waals surface area contributed by atoms with Crippen molar-refractivity contribution in [2.24, 2.45) is 0 Å². The Morgan fingerprint density at radius 3 is 2.69 bits per heavy atom. The van der Waals surface area contributed by atoms with Crippen molar-refractivity contribution >= 4 is 10.8 Å². The summed E-state index contributed by atoms with van der Waals surface area (Å²) in [5.41, 5.74) is 0. The number of aromatic nitrogens is 1. The Kier molecular flexibility index (Phi) is 1.62. The summed E-state index contributed by atoms with van der Waals surface area (Å²) < 4.78 is 25.7. The predicted octanol–water partition coefficient (Wildman–Crippen LogP) is 2.22. The van der Waals surface area contributed by atoms with Crippen LogP contribution in [0, 0.1) is 11.6 Å². The molecule has 0 atom stereocenters. The van der Waals surface area contributed by atoms with Crippen molar-refractivity contribution in [1.82, 2.24) is 4.98 Å². The fraction of sp³-hybridized carbons (Fsp3) is 0. The first-order valence-corrected chi connectivity index (χ1v) is 3.60. The number of halogens is 2. The van der Waals surface area contributed by atoms with E-state index < -0.39 is 11.6 Å². The molecule has 0 aliphatic rings. The summed E-state index contributed by atoms with van der Waals surface area (Å²) >= 11 is 0. The molecule has 1 aromatic heterocycles. The first-order valence-electron chi connectivity index (χ1n) is 3.60. The van der Waals surface area contributed by atoms with Crippen molar-refractivity contribution < 1.29 is 13.9 Å². The molecule has 0 aliphatic carbocycles. The van der Waals surface area contributed by atoms with Gasteiger partial charge in [0, 0.05) is 23.7 Å². The van der Waals surface area contributed by atoms with Gasteiger partial charge in [0.05, 0.1) is 0 Å². The van der Waals surface area contributed by atoms with Gasteiger partial charge in [0.15, 0.2) is 0 Å². The minimum absolute atomic E-state index is 0.194. The van der Waals surface area contributed by atoms with Gasteiger partial charge in [0.1, 0.15) is 11.6 Å². The lowest BCUT2D eigenvalue weighted by Crippen LogP contribution is -1.84. The van der Waals surface area contributed by atoms with E-state index in [9.17, 15) is 8.78 Å². The number of hydrogen-bond acceptors (Lipinski definition) is 2. The maximum atomic E-state index is 13.0. The van der Waals surface area contributed by atoms with Crippen LogP contribution in [0.1, 0.15) is 0 Å². The molecule has 0 aliphatic heterocycles. The van der Waals surface area contributed by atoms with Crippen molar-refractivity contribution in [1.29, 1.82) is 0 Å². The molecule has 2 aromatic rings. The molecule has 13 heavy (non-hydrogen) atoms. The number of aromatic hydroxyl groups is 1. The molecule has 0 amide bonds. The van der Waals surface area contributed by atoms with Gasteiger partial charge in [0.2, 0.25) is 5.88 Å². The SMILES string of the molecule is Oc1cc2cc(F)cc(F)c2cn1. The molecule has 0 saturated heterocycles. The van der Waals surface area contributed by atoms with E-state index >= 15 is 0 Å². The molecule has 66 valence electrons. The van der Waals surface area contributed by atoms with E-state index in [1.165, 1.54) is 12.3 Å². The molecule has 1 heterocycles. The van der Waals surface area contributed by atoms with Gasteiger partial charge in [-0.1, -0.05) is 0 Å². The second-order valence-electron chi connectivity index (χ2n) is 2.65. The second kappa shape index (κ2) is 2.65. The molecule has 2 rings (SSSR count). The van der Waals surface area contributed by atoms with E-state index in [1.807, 2.05) is 0 Å². The molecule has 2 nitrogen and oxygen atoms in total. The summed E-state index contributed by atoms with van der Waals surface area (Å²) in [4.78, 5) is 3.49. The Labute approximate surface area is 72.5 Å². The Balaban J connectivity index is 2.86. The van der Waals surface area contributed by atoms with E-state index in [0.29, 0.717) is 5.39 Å². The number of hydrogen-bond donors (Lipinski definition) is 1. The summed E-state index contributed by atoms with van der Waals surface area (Å²) in [6.45, 7) is 0. The van der Waals surface area contributed by atoms with Crippen molar-refractivity contribution in [3.05, 3.63) is 36.0 Å². The maximum absolute atomic E-state index is 13.0. The molecule has 4 heteroatoms. The van der Waals surface area contributed by atoms with Crippen molar-refractivity contribution in [2.75, 3.05) is 0 Å². The molecule has 0 radical (unpaired) electrons.